The van der Waals surface area contributed by atoms with E-state index >= 15 is 0 Å². The Hall–Kier alpha value is -4.33. The van der Waals surface area contributed by atoms with Crippen molar-refractivity contribution in [3.8, 4) is 5.75 Å². The summed E-state index contributed by atoms with van der Waals surface area (Å²) in [6.45, 7) is 2.06. The second-order valence-electron chi connectivity index (χ2n) is 10.3. The fourth-order valence-corrected chi connectivity index (χ4v) is 6.15. The molecule has 0 radical (unpaired) electrons. The number of allylic oxidation sites excluding steroid dienone is 3. The largest absolute Gasteiger partial charge is 0.412 e. The first-order chi connectivity index (χ1) is 18.1. The summed E-state index contributed by atoms with van der Waals surface area (Å²) in [4.78, 5) is 18.3. The topological polar surface area (TPSA) is 94.1 Å². The van der Waals surface area contributed by atoms with Crippen molar-refractivity contribution in [3.63, 3.8) is 0 Å². The number of aromatic nitrogens is 1. The number of rotatable bonds is 4. The van der Waals surface area contributed by atoms with Gasteiger partial charge in [0.15, 0.2) is 0 Å². The van der Waals surface area contributed by atoms with Gasteiger partial charge in [0.25, 0.3) is 0 Å². The van der Waals surface area contributed by atoms with E-state index in [2.05, 4.69) is 44.2 Å². The molecule has 37 heavy (non-hydrogen) atoms. The van der Waals surface area contributed by atoms with E-state index < -0.39 is 6.09 Å². The molecule has 0 spiro atoms. The van der Waals surface area contributed by atoms with Crippen LogP contribution in [0.4, 0.5) is 10.5 Å². The van der Waals surface area contributed by atoms with E-state index in [0.29, 0.717) is 30.0 Å². The van der Waals surface area contributed by atoms with Crippen LogP contribution in [0.5, 0.6) is 5.75 Å². The first-order valence-corrected chi connectivity index (χ1v) is 12.7. The first kappa shape index (κ1) is 21.9. The maximum absolute atomic E-state index is 12.6. The molecule has 0 fully saturated rings. The summed E-state index contributed by atoms with van der Waals surface area (Å²) >= 11 is 0. The number of hydrogen-bond acceptors (Lipinski definition) is 6. The van der Waals surface area contributed by atoms with Gasteiger partial charge in [-0.05, 0) is 53.1 Å². The van der Waals surface area contributed by atoms with Gasteiger partial charge in [0.1, 0.15) is 5.75 Å². The SMILES string of the molecule is CN(C)c1ccc(CNC(=O)Oc2ccc3[nH]c4c(c3c2)C2=CNCC2C2C4=CC=C3N=NCC32)cc1. The van der Waals surface area contributed by atoms with E-state index in [1.165, 1.54) is 16.7 Å². The number of amides is 1. The minimum atomic E-state index is -0.471. The lowest BCUT2D eigenvalue weighted by molar-refractivity contribution is 0.200. The minimum absolute atomic E-state index is 0.328. The second kappa shape index (κ2) is 8.37. The summed E-state index contributed by atoms with van der Waals surface area (Å²) in [6.07, 6.45) is 6.00. The zero-order valence-electron chi connectivity index (χ0n) is 20.8. The molecule has 7 rings (SSSR count). The summed E-state index contributed by atoms with van der Waals surface area (Å²) in [5, 5.41) is 16.1. The molecule has 3 unspecified atom stereocenters. The van der Waals surface area contributed by atoms with Gasteiger partial charge in [-0.1, -0.05) is 18.2 Å². The number of azo groups is 1. The fraction of sp³-hybridized carbons (Fsp3) is 0.276. The maximum Gasteiger partial charge on any atom is 0.412 e. The van der Waals surface area contributed by atoms with Crippen LogP contribution in [-0.2, 0) is 6.54 Å². The maximum atomic E-state index is 12.6. The van der Waals surface area contributed by atoms with E-state index in [1.807, 2.05) is 61.5 Å². The summed E-state index contributed by atoms with van der Waals surface area (Å²) in [5.74, 6) is 1.56. The molecule has 2 aliphatic heterocycles. The number of fused-ring (bicyclic) bond motifs is 10. The number of nitrogens with one attached hydrogen (secondary N) is 3. The molecule has 2 aromatic carbocycles. The Morgan fingerprint density at radius 3 is 2.81 bits per heavy atom. The van der Waals surface area contributed by atoms with Crippen molar-refractivity contribution in [1.82, 2.24) is 15.6 Å². The normalized spacial score (nSPS) is 22.6. The highest BCUT2D eigenvalue weighted by Crippen LogP contribution is 2.55. The van der Waals surface area contributed by atoms with Crippen LogP contribution in [0.25, 0.3) is 22.0 Å². The Balaban J connectivity index is 1.15. The van der Waals surface area contributed by atoms with E-state index in [1.54, 1.807) is 0 Å². The van der Waals surface area contributed by atoms with Crippen molar-refractivity contribution >= 4 is 33.8 Å². The number of aromatic amines is 1. The summed E-state index contributed by atoms with van der Waals surface area (Å²) in [6, 6.07) is 13.9. The summed E-state index contributed by atoms with van der Waals surface area (Å²) in [7, 11) is 4.00. The lowest BCUT2D eigenvalue weighted by Crippen LogP contribution is -2.33. The molecule has 8 heteroatoms. The van der Waals surface area contributed by atoms with Crippen molar-refractivity contribution in [2.24, 2.45) is 28.0 Å². The van der Waals surface area contributed by atoms with Crippen LogP contribution in [0.2, 0.25) is 0 Å². The number of carbonyl (C=O) groups is 1. The van der Waals surface area contributed by atoms with Gasteiger partial charge in [-0.15, -0.1) is 0 Å². The molecule has 3 heterocycles. The molecular weight excluding hydrogens is 464 g/mol. The smallest absolute Gasteiger partial charge is 0.410 e. The highest BCUT2D eigenvalue weighted by molar-refractivity contribution is 6.03. The predicted octanol–water partition coefficient (Wildman–Crippen LogP) is 5.08. The second-order valence-corrected chi connectivity index (χ2v) is 10.3. The molecule has 8 nitrogen and oxygen atoms in total. The predicted molar refractivity (Wildman–Crippen MR) is 144 cm³/mol. The molecule has 3 atom stereocenters. The highest BCUT2D eigenvalue weighted by atomic mass is 16.6. The van der Waals surface area contributed by atoms with Gasteiger partial charge in [0.2, 0.25) is 0 Å². The molecule has 1 aromatic heterocycles. The van der Waals surface area contributed by atoms with Crippen molar-refractivity contribution in [2.45, 2.75) is 6.54 Å². The lowest BCUT2D eigenvalue weighted by Gasteiger charge is -2.38. The van der Waals surface area contributed by atoms with Gasteiger partial charge in [0, 0.05) is 73.3 Å². The average molecular weight is 493 g/mol. The van der Waals surface area contributed by atoms with Gasteiger partial charge >= 0.3 is 6.09 Å². The minimum Gasteiger partial charge on any atom is -0.410 e. The van der Waals surface area contributed by atoms with Crippen LogP contribution < -0.4 is 20.3 Å². The van der Waals surface area contributed by atoms with Crippen molar-refractivity contribution in [1.29, 1.82) is 0 Å². The molecule has 186 valence electrons. The molecule has 3 N–H and O–H groups in total. The summed E-state index contributed by atoms with van der Waals surface area (Å²) < 4.78 is 5.69. The number of carbonyl (C=O) groups excluding carboxylic acids is 1. The quantitative estimate of drug-likeness (QED) is 0.474. The number of hydrogen-bond donors (Lipinski definition) is 3. The number of ether oxygens (including phenoxy) is 1. The van der Waals surface area contributed by atoms with E-state index in [-0.39, 0.29) is 0 Å². The third-order valence-corrected chi connectivity index (χ3v) is 7.95. The Morgan fingerprint density at radius 1 is 1.11 bits per heavy atom. The Morgan fingerprint density at radius 2 is 1.97 bits per heavy atom. The van der Waals surface area contributed by atoms with Gasteiger partial charge in [-0.3, -0.25) is 0 Å². The monoisotopic (exact) mass is 492 g/mol. The van der Waals surface area contributed by atoms with E-state index in [0.717, 1.165) is 46.6 Å². The average Bonchev–Trinajstić information content (AvgIpc) is 3.65. The molecule has 0 saturated carbocycles. The van der Waals surface area contributed by atoms with Crippen LogP contribution in [0.1, 0.15) is 16.8 Å². The lowest BCUT2D eigenvalue weighted by atomic mass is 9.65. The van der Waals surface area contributed by atoms with Crippen molar-refractivity contribution in [3.05, 3.63) is 83.3 Å². The molecule has 1 amide bonds. The van der Waals surface area contributed by atoms with Crippen LogP contribution in [0.15, 0.2) is 76.7 Å². The number of anilines is 1. The summed E-state index contributed by atoms with van der Waals surface area (Å²) in [5.41, 5.74) is 9.22. The van der Waals surface area contributed by atoms with E-state index in [4.69, 9.17) is 4.74 Å². The number of nitrogens with zero attached hydrogens (tertiary/aromatic N) is 3. The van der Waals surface area contributed by atoms with E-state index in [9.17, 15) is 4.79 Å². The highest BCUT2D eigenvalue weighted by Gasteiger charge is 2.46. The zero-order valence-corrected chi connectivity index (χ0v) is 20.8. The molecule has 2 aliphatic carbocycles. The van der Waals surface area contributed by atoms with Crippen LogP contribution in [0, 0.1) is 17.8 Å². The third kappa shape index (κ3) is 3.55. The Labute approximate surface area is 214 Å². The molecule has 4 aliphatic rings. The first-order valence-electron chi connectivity index (χ1n) is 12.7. The van der Waals surface area contributed by atoms with Gasteiger partial charge in [-0.2, -0.15) is 10.2 Å². The third-order valence-electron chi connectivity index (χ3n) is 7.95. The zero-order chi connectivity index (χ0) is 25.1. The number of H-pyrrole nitrogens is 1. The number of benzene rings is 2. The Kier molecular flexibility index (Phi) is 4.96. The van der Waals surface area contributed by atoms with Crippen LogP contribution in [0.3, 0.4) is 0 Å². The molecular formula is C29H28N6O2. The van der Waals surface area contributed by atoms with Crippen LogP contribution in [-0.4, -0.2) is 38.3 Å². The molecule has 0 bridgehead atoms. The van der Waals surface area contributed by atoms with Crippen LogP contribution >= 0.6 is 0 Å². The van der Waals surface area contributed by atoms with Gasteiger partial charge in [0.05, 0.1) is 17.9 Å². The van der Waals surface area contributed by atoms with Gasteiger partial charge in [-0.25, -0.2) is 4.79 Å². The van der Waals surface area contributed by atoms with Crippen molar-refractivity contribution in [2.75, 3.05) is 32.1 Å². The standard InChI is InChI=1S/C29H28N6O2/c1-35(2)17-5-3-16(4-6-17)12-31-29(36)37-18-7-9-24-20(11-18)27-22-14-30-13-21(22)26-19(28(27)33-24)8-10-25-23(26)15-32-34-25/h3-11,14,21,23,26,30,33H,12-13,15H2,1-2H3,(H,31,36). The Bertz CT molecular complexity index is 1540. The molecule has 0 saturated heterocycles. The molecule has 3 aromatic rings. The fourth-order valence-electron chi connectivity index (χ4n) is 6.15. The van der Waals surface area contributed by atoms with Crippen molar-refractivity contribution < 1.29 is 9.53 Å². The van der Waals surface area contributed by atoms with Gasteiger partial charge < -0.3 is 25.3 Å².